The molecular formula is C14H11BClNO. The quantitative estimate of drug-likeness (QED) is 0.426. The molecular weight excluding hydrogens is 244 g/mol. The van der Waals surface area contributed by atoms with Gasteiger partial charge in [0.05, 0.1) is 5.28 Å². The first-order valence-corrected chi connectivity index (χ1v) is 6.29. The van der Waals surface area contributed by atoms with Gasteiger partial charge < -0.3 is 4.98 Å². The second-order valence-corrected chi connectivity index (χ2v) is 5.07. The van der Waals surface area contributed by atoms with Crippen LogP contribution in [-0.4, -0.2) is 23.9 Å². The van der Waals surface area contributed by atoms with E-state index >= 15 is 0 Å². The minimum absolute atomic E-state index is 0.0442. The first-order chi connectivity index (χ1) is 8.66. The molecule has 18 heavy (non-hydrogen) atoms. The third kappa shape index (κ3) is 1.71. The summed E-state index contributed by atoms with van der Waals surface area (Å²) in [6.45, 7) is 0. The van der Waals surface area contributed by atoms with Crippen LogP contribution in [0.2, 0.25) is 0 Å². The second-order valence-electron chi connectivity index (χ2n) is 4.41. The van der Waals surface area contributed by atoms with Gasteiger partial charge in [-0.05, 0) is 12.1 Å². The van der Waals surface area contributed by atoms with Gasteiger partial charge in [-0.3, -0.25) is 4.79 Å². The molecule has 0 aliphatic carbocycles. The molecule has 0 radical (unpaired) electrons. The van der Waals surface area contributed by atoms with Crippen LogP contribution in [-0.2, 0) is 0 Å². The van der Waals surface area contributed by atoms with Crippen LogP contribution in [0, 0.1) is 0 Å². The van der Waals surface area contributed by atoms with Crippen LogP contribution in [0.4, 0.5) is 0 Å². The lowest BCUT2D eigenvalue weighted by Gasteiger charge is -2.02. The summed E-state index contributed by atoms with van der Waals surface area (Å²) in [4.78, 5) is 15.2. The minimum Gasteiger partial charge on any atom is -0.354 e. The van der Waals surface area contributed by atoms with E-state index in [2.05, 4.69) is 11.1 Å². The van der Waals surface area contributed by atoms with E-state index in [9.17, 15) is 4.79 Å². The van der Waals surface area contributed by atoms with Crippen molar-refractivity contribution >= 4 is 47.0 Å². The number of hydrogen-bond donors (Lipinski definition) is 1. The molecule has 3 aromatic rings. The van der Waals surface area contributed by atoms with Gasteiger partial charge in [-0.15, -0.1) is 11.6 Å². The average molecular weight is 256 g/mol. The number of alkyl halides is 1. The summed E-state index contributed by atoms with van der Waals surface area (Å²) in [6.07, 6.45) is 0. The Labute approximate surface area is 110 Å². The number of nitrogens with one attached hydrogen (secondary N) is 1. The molecule has 1 atom stereocenters. The van der Waals surface area contributed by atoms with E-state index in [0.29, 0.717) is 5.56 Å². The fraction of sp³-hybridized carbons (Fsp3) is 0.0714. The van der Waals surface area contributed by atoms with Gasteiger partial charge in [-0.2, -0.15) is 0 Å². The van der Waals surface area contributed by atoms with Gasteiger partial charge >= 0.3 is 0 Å². The zero-order valence-corrected chi connectivity index (χ0v) is 10.7. The van der Waals surface area contributed by atoms with Crippen LogP contribution in [0.5, 0.6) is 0 Å². The molecule has 3 rings (SSSR count). The zero-order valence-electron chi connectivity index (χ0n) is 9.91. The molecule has 0 saturated heterocycles. The number of Topliss-reactive ketones (excluding diaryl/α,β-unsaturated/α-hetero) is 1. The first-order valence-electron chi connectivity index (χ1n) is 5.85. The molecule has 2 nitrogen and oxygen atoms in total. The van der Waals surface area contributed by atoms with E-state index in [-0.39, 0.29) is 5.78 Å². The van der Waals surface area contributed by atoms with Gasteiger partial charge in [0, 0.05) is 27.4 Å². The van der Waals surface area contributed by atoms with E-state index < -0.39 is 5.28 Å². The molecule has 0 amide bonds. The minimum atomic E-state index is -0.494. The standard InChI is InChI=1S/C14H11BClNO/c15-14(16)13(18)8-5-6-10-9-3-1-2-4-11(9)17-12(10)7-8/h1-7,14,17H,15H2. The van der Waals surface area contributed by atoms with Gasteiger partial charge in [0.2, 0.25) is 0 Å². The van der Waals surface area contributed by atoms with E-state index in [4.69, 9.17) is 11.6 Å². The van der Waals surface area contributed by atoms with E-state index in [1.165, 1.54) is 5.39 Å². The number of rotatable bonds is 2. The van der Waals surface area contributed by atoms with Crippen molar-refractivity contribution in [1.82, 2.24) is 4.98 Å². The number of carbonyl (C=O) groups excluding carboxylic acids is 1. The third-order valence-corrected chi connectivity index (χ3v) is 3.35. The summed E-state index contributed by atoms with van der Waals surface area (Å²) in [5.74, 6) is -0.0442. The molecule has 1 unspecified atom stereocenters. The average Bonchev–Trinajstić information content (AvgIpc) is 2.75. The molecule has 1 heterocycles. The number of para-hydroxylation sites is 1. The van der Waals surface area contributed by atoms with Crippen molar-refractivity contribution in [3.63, 3.8) is 0 Å². The number of halogens is 1. The Balaban J connectivity index is 2.24. The number of aromatic nitrogens is 1. The van der Waals surface area contributed by atoms with Crippen molar-refractivity contribution in [3.05, 3.63) is 48.0 Å². The van der Waals surface area contributed by atoms with E-state index in [1.807, 2.05) is 36.4 Å². The summed E-state index contributed by atoms with van der Waals surface area (Å²) in [6, 6.07) is 13.8. The topological polar surface area (TPSA) is 32.9 Å². The molecule has 0 fully saturated rings. The largest absolute Gasteiger partial charge is 0.354 e. The van der Waals surface area contributed by atoms with Crippen LogP contribution in [0.25, 0.3) is 21.8 Å². The first kappa shape index (κ1) is 11.4. The van der Waals surface area contributed by atoms with Crippen LogP contribution in [0.1, 0.15) is 10.4 Å². The Hall–Kier alpha value is -1.74. The molecule has 1 aromatic heterocycles. The van der Waals surface area contributed by atoms with Gasteiger partial charge in [0.15, 0.2) is 5.78 Å². The SMILES string of the molecule is BC(Cl)C(=O)c1ccc2c(c1)[nH]c1ccccc12. The van der Waals surface area contributed by atoms with Crippen molar-refractivity contribution in [2.75, 3.05) is 0 Å². The molecule has 2 aromatic carbocycles. The predicted octanol–water partition coefficient (Wildman–Crippen LogP) is 2.70. The Morgan fingerprint density at radius 3 is 2.61 bits per heavy atom. The summed E-state index contributed by atoms with van der Waals surface area (Å²) in [5.41, 5.74) is 2.70. The number of ketones is 1. The Morgan fingerprint density at radius 2 is 1.83 bits per heavy atom. The highest BCUT2D eigenvalue weighted by molar-refractivity contribution is 6.52. The van der Waals surface area contributed by atoms with Crippen molar-refractivity contribution < 1.29 is 4.79 Å². The van der Waals surface area contributed by atoms with Crippen molar-refractivity contribution in [3.8, 4) is 0 Å². The molecule has 0 bridgehead atoms. The van der Waals surface area contributed by atoms with Gasteiger partial charge in [0.1, 0.15) is 7.85 Å². The Kier molecular flexibility index (Phi) is 2.64. The van der Waals surface area contributed by atoms with E-state index in [0.717, 1.165) is 16.4 Å². The number of fused-ring (bicyclic) bond motifs is 3. The lowest BCUT2D eigenvalue weighted by molar-refractivity contribution is 0.101. The van der Waals surface area contributed by atoms with Gasteiger partial charge in [-0.1, -0.05) is 30.3 Å². The third-order valence-electron chi connectivity index (χ3n) is 3.15. The van der Waals surface area contributed by atoms with Crippen molar-refractivity contribution in [2.24, 2.45) is 0 Å². The highest BCUT2D eigenvalue weighted by atomic mass is 35.5. The van der Waals surface area contributed by atoms with Crippen molar-refractivity contribution in [2.45, 2.75) is 5.28 Å². The van der Waals surface area contributed by atoms with E-state index in [1.54, 1.807) is 7.85 Å². The van der Waals surface area contributed by atoms with Gasteiger partial charge in [0.25, 0.3) is 0 Å². The fourth-order valence-corrected chi connectivity index (χ4v) is 2.36. The maximum Gasteiger partial charge on any atom is 0.172 e. The predicted molar refractivity (Wildman–Crippen MR) is 78.3 cm³/mol. The lowest BCUT2D eigenvalue weighted by atomic mass is 9.94. The maximum absolute atomic E-state index is 11.9. The second kappa shape index (κ2) is 4.18. The molecule has 4 heteroatoms. The highest BCUT2D eigenvalue weighted by Gasteiger charge is 2.13. The Bertz CT molecular complexity index is 748. The number of H-pyrrole nitrogens is 1. The molecule has 0 aliphatic rings. The highest BCUT2D eigenvalue weighted by Crippen LogP contribution is 2.26. The molecule has 0 spiro atoms. The molecule has 0 aliphatic heterocycles. The summed E-state index contributed by atoms with van der Waals surface area (Å²) in [7, 11) is 1.69. The van der Waals surface area contributed by atoms with Crippen LogP contribution in [0.15, 0.2) is 42.5 Å². The summed E-state index contributed by atoms with van der Waals surface area (Å²) >= 11 is 5.83. The normalized spacial score (nSPS) is 12.9. The lowest BCUT2D eigenvalue weighted by Crippen LogP contribution is -2.14. The number of benzene rings is 2. The maximum atomic E-state index is 11.9. The number of carbonyl (C=O) groups is 1. The van der Waals surface area contributed by atoms with Crippen molar-refractivity contribution in [1.29, 1.82) is 0 Å². The zero-order chi connectivity index (χ0) is 12.7. The molecule has 0 saturated carbocycles. The van der Waals surface area contributed by atoms with Crippen LogP contribution >= 0.6 is 11.6 Å². The molecule has 88 valence electrons. The number of aromatic amines is 1. The van der Waals surface area contributed by atoms with Crippen LogP contribution < -0.4 is 0 Å². The van der Waals surface area contributed by atoms with Gasteiger partial charge in [-0.25, -0.2) is 0 Å². The van der Waals surface area contributed by atoms with Crippen LogP contribution in [0.3, 0.4) is 0 Å². The Morgan fingerprint density at radius 1 is 1.11 bits per heavy atom. The summed E-state index contributed by atoms with van der Waals surface area (Å²) < 4.78 is 0. The smallest absolute Gasteiger partial charge is 0.172 e. The summed E-state index contributed by atoms with van der Waals surface area (Å²) in [5, 5.41) is 1.81. The monoisotopic (exact) mass is 255 g/mol. The molecule has 1 N–H and O–H groups in total. The fourth-order valence-electron chi connectivity index (χ4n) is 2.24. The number of hydrogen-bond acceptors (Lipinski definition) is 1.